The predicted molar refractivity (Wildman–Crippen MR) is 75.7 cm³/mol. The summed E-state index contributed by atoms with van der Waals surface area (Å²) >= 11 is 0. The fraction of sp³-hybridized carbons (Fsp3) is 0.267. The average Bonchev–Trinajstić information content (AvgIpc) is 2.47. The number of anilines is 1. The van der Waals surface area contributed by atoms with Crippen molar-refractivity contribution in [2.45, 2.75) is 13.5 Å². The molecule has 0 aliphatic rings. The normalized spacial score (nSPS) is 10.0. The zero-order chi connectivity index (χ0) is 13.5. The number of hydrogen-bond acceptors (Lipinski definition) is 4. The number of rotatable bonds is 6. The van der Waals surface area contributed by atoms with E-state index in [2.05, 4.69) is 10.3 Å². The topological polar surface area (TPSA) is 43.4 Å². The minimum absolute atomic E-state index is 0.631. The summed E-state index contributed by atoms with van der Waals surface area (Å²) in [6.07, 6.45) is 0. The molecule has 0 saturated heterocycles. The van der Waals surface area contributed by atoms with E-state index in [9.17, 15) is 0 Å². The summed E-state index contributed by atoms with van der Waals surface area (Å²) in [5.41, 5.74) is 1.97. The molecule has 0 amide bonds. The van der Waals surface area contributed by atoms with Crippen molar-refractivity contribution in [2.24, 2.45) is 0 Å². The number of nitrogens with zero attached hydrogens (tertiary/aromatic N) is 1. The Labute approximate surface area is 113 Å². The van der Waals surface area contributed by atoms with Crippen molar-refractivity contribution in [3.63, 3.8) is 0 Å². The van der Waals surface area contributed by atoms with E-state index >= 15 is 0 Å². The quantitative estimate of drug-likeness (QED) is 0.864. The highest BCUT2D eigenvalue weighted by atomic mass is 16.5. The molecular weight excluding hydrogens is 240 g/mol. The molecule has 0 aliphatic carbocycles. The van der Waals surface area contributed by atoms with Gasteiger partial charge in [-0.1, -0.05) is 6.07 Å². The van der Waals surface area contributed by atoms with Crippen LogP contribution < -0.4 is 14.8 Å². The first-order valence-corrected chi connectivity index (χ1v) is 6.28. The number of pyridine rings is 1. The van der Waals surface area contributed by atoms with Gasteiger partial charge in [-0.3, -0.25) is 0 Å². The summed E-state index contributed by atoms with van der Waals surface area (Å²) in [6, 6.07) is 13.6. The van der Waals surface area contributed by atoms with Crippen LogP contribution in [0.1, 0.15) is 12.6 Å². The van der Waals surface area contributed by atoms with Crippen molar-refractivity contribution in [1.82, 2.24) is 4.98 Å². The molecule has 19 heavy (non-hydrogen) atoms. The molecule has 4 heteroatoms. The second kappa shape index (κ2) is 6.64. The van der Waals surface area contributed by atoms with Crippen LogP contribution in [-0.4, -0.2) is 18.7 Å². The van der Waals surface area contributed by atoms with Crippen LogP contribution in [-0.2, 0) is 6.54 Å². The Balaban J connectivity index is 1.94. The van der Waals surface area contributed by atoms with E-state index in [1.807, 2.05) is 49.4 Å². The van der Waals surface area contributed by atoms with E-state index in [-0.39, 0.29) is 0 Å². The monoisotopic (exact) mass is 258 g/mol. The van der Waals surface area contributed by atoms with Crippen LogP contribution in [0.25, 0.3) is 0 Å². The zero-order valence-electron chi connectivity index (χ0n) is 11.2. The van der Waals surface area contributed by atoms with E-state index < -0.39 is 0 Å². The van der Waals surface area contributed by atoms with Crippen LogP contribution in [0.2, 0.25) is 0 Å². The van der Waals surface area contributed by atoms with Crippen LogP contribution in [0.15, 0.2) is 42.5 Å². The fourth-order valence-corrected chi connectivity index (χ4v) is 1.70. The van der Waals surface area contributed by atoms with Gasteiger partial charge in [-0.25, -0.2) is 4.98 Å². The summed E-state index contributed by atoms with van der Waals surface area (Å²) in [6.45, 7) is 3.31. The number of methoxy groups -OCH3 is 1. The first kappa shape index (κ1) is 13.2. The zero-order valence-corrected chi connectivity index (χ0v) is 11.2. The van der Waals surface area contributed by atoms with Crippen LogP contribution in [0, 0.1) is 0 Å². The first-order valence-electron chi connectivity index (χ1n) is 6.28. The molecule has 1 N–H and O–H groups in total. The second-order valence-electron chi connectivity index (χ2n) is 3.98. The molecule has 0 bridgehead atoms. The molecule has 100 valence electrons. The maximum Gasteiger partial charge on any atom is 0.213 e. The SMILES string of the molecule is CCOc1ccc(NCc2cccc(OC)n2)cc1. The molecule has 0 saturated carbocycles. The van der Waals surface area contributed by atoms with Crippen molar-refractivity contribution < 1.29 is 9.47 Å². The summed E-state index contributed by atoms with van der Waals surface area (Å²) in [4.78, 5) is 4.34. The fourth-order valence-electron chi connectivity index (χ4n) is 1.70. The average molecular weight is 258 g/mol. The van der Waals surface area contributed by atoms with Gasteiger partial charge >= 0.3 is 0 Å². The highest BCUT2D eigenvalue weighted by Crippen LogP contribution is 2.16. The van der Waals surface area contributed by atoms with Gasteiger partial charge in [0.2, 0.25) is 5.88 Å². The maximum atomic E-state index is 5.40. The Kier molecular flexibility index (Phi) is 4.61. The lowest BCUT2D eigenvalue weighted by atomic mass is 10.3. The summed E-state index contributed by atoms with van der Waals surface area (Å²) in [5, 5.41) is 3.31. The Morgan fingerprint density at radius 1 is 1.11 bits per heavy atom. The molecule has 2 rings (SSSR count). The molecule has 0 aliphatic heterocycles. The van der Waals surface area contributed by atoms with E-state index in [0.717, 1.165) is 17.1 Å². The van der Waals surface area contributed by atoms with E-state index in [1.54, 1.807) is 7.11 Å². The molecule has 0 atom stereocenters. The lowest BCUT2D eigenvalue weighted by molar-refractivity contribution is 0.340. The maximum absolute atomic E-state index is 5.40. The van der Waals surface area contributed by atoms with Gasteiger partial charge in [0.15, 0.2) is 0 Å². The Bertz CT molecular complexity index is 512. The Morgan fingerprint density at radius 3 is 2.58 bits per heavy atom. The number of ether oxygens (including phenoxy) is 2. The molecule has 1 aromatic carbocycles. The highest BCUT2D eigenvalue weighted by molar-refractivity contribution is 5.46. The minimum atomic E-state index is 0.631. The number of nitrogens with one attached hydrogen (secondary N) is 1. The lowest BCUT2D eigenvalue weighted by Gasteiger charge is -2.08. The summed E-state index contributed by atoms with van der Waals surface area (Å²) in [7, 11) is 1.62. The minimum Gasteiger partial charge on any atom is -0.494 e. The number of aromatic nitrogens is 1. The van der Waals surface area contributed by atoms with E-state index in [4.69, 9.17) is 9.47 Å². The van der Waals surface area contributed by atoms with Crippen molar-refractivity contribution in [3.8, 4) is 11.6 Å². The molecule has 0 spiro atoms. The van der Waals surface area contributed by atoms with Gasteiger partial charge < -0.3 is 14.8 Å². The standard InChI is InChI=1S/C15H18N2O2/c1-3-19-14-9-7-12(8-10-14)16-11-13-5-4-6-15(17-13)18-2/h4-10,16H,3,11H2,1-2H3. The first-order chi connectivity index (χ1) is 9.31. The summed E-state index contributed by atoms with van der Waals surface area (Å²) in [5.74, 6) is 1.51. The smallest absolute Gasteiger partial charge is 0.213 e. The number of benzene rings is 1. The van der Waals surface area contributed by atoms with Crippen molar-refractivity contribution in [1.29, 1.82) is 0 Å². The van der Waals surface area contributed by atoms with Crippen LogP contribution in [0.5, 0.6) is 11.6 Å². The molecule has 0 fully saturated rings. The van der Waals surface area contributed by atoms with Gasteiger partial charge in [-0.2, -0.15) is 0 Å². The molecule has 2 aromatic rings. The van der Waals surface area contributed by atoms with E-state index in [0.29, 0.717) is 19.0 Å². The van der Waals surface area contributed by atoms with Crippen molar-refractivity contribution in [3.05, 3.63) is 48.2 Å². The molecule has 0 unspecified atom stereocenters. The third kappa shape index (κ3) is 3.88. The van der Waals surface area contributed by atoms with Gasteiger partial charge in [-0.05, 0) is 37.3 Å². The number of hydrogen-bond donors (Lipinski definition) is 1. The Hall–Kier alpha value is -2.23. The third-order valence-corrected chi connectivity index (χ3v) is 2.63. The van der Waals surface area contributed by atoms with Crippen molar-refractivity contribution >= 4 is 5.69 Å². The van der Waals surface area contributed by atoms with Gasteiger partial charge in [0.1, 0.15) is 5.75 Å². The second-order valence-corrected chi connectivity index (χ2v) is 3.98. The predicted octanol–water partition coefficient (Wildman–Crippen LogP) is 3.10. The lowest BCUT2D eigenvalue weighted by Crippen LogP contribution is -2.02. The van der Waals surface area contributed by atoms with Gasteiger partial charge in [0.25, 0.3) is 0 Å². The van der Waals surface area contributed by atoms with Gasteiger partial charge in [-0.15, -0.1) is 0 Å². The van der Waals surface area contributed by atoms with E-state index in [1.165, 1.54) is 0 Å². The van der Waals surface area contributed by atoms with Crippen LogP contribution in [0.4, 0.5) is 5.69 Å². The van der Waals surface area contributed by atoms with Crippen LogP contribution >= 0.6 is 0 Å². The molecule has 1 aromatic heterocycles. The summed E-state index contributed by atoms with van der Waals surface area (Å²) < 4.78 is 10.5. The molecule has 1 heterocycles. The molecule has 0 radical (unpaired) electrons. The molecule has 4 nitrogen and oxygen atoms in total. The molecular formula is C15H18N2O2. The van der Waals surface area contributed by atoms with Crippen molar-refractivity contribution in [2.75, 3.05) is 19.0 Å². The van der Waals surface area contributed by atoms with Crippen LogP contribution in [0.3, 0.4) is 0 Å². The Morgan fingerprint density at radius 2 is 1.89 bits per heavy atom. The largest absolute Gasteiger partial charge is 0.494 e. The third-order valence-electron chi connectivity index (χ3n) is 2.63. The highest BCUT2D eigenvalue weighted by Gasteiger charge is 1.98. The van der Waals surface area contributed by atoms with Gasteiger partial charge in [0, 0.05) is 11.8 Å². The van der Waals surface area contributed by atoms with Gasteiger partial charge in [0.05, 0.1) is 26.0 Å².